The number of benzene rings is 2. The Labute approximate surface area is 174 Å². The number of rotatable bonds is 7. The molecule has 2 amide bonds. The van der Waals surface area contributed by atoms with Crippen molar-refractivity contribution in [2.45, 2.75) is 10.9 Å². The van der Waals surface area contributed by atoms with Crippen molar-refractivity contribution in [3.05, 3.63) is 59.1 Å². The number of hydrogen-bond donors (Lipinski definition) is 2. The summed E-state index contributed by atoms with van der Waals surface area (Å²) < 4.78 is 11.1. The molecule has 1 aliphatic rings. The molecule has 4 rings (SSSR count). The normalized spacial score (nSPS) is 11.9. The molecule has 3 aromatic rings. The number of nitrogens with zero attached hydrogens (tertiary/aromatic N) is 2. The molecule has 8 nitrogen and oxygen atoms in total. The third-order valence-corrected chi connectivity index (χ3v) is 5.94. The van der Waals surface area contributed by atoms with Gasteiger partial charge in [-0.1, -0.05) is 47.4 Å². The van der Waals surface area contributed by atoms with Crippen LogP contribution in [0.2, 0.25) is 0 Å². The van der Waals surface area contributed by atoms with Crippen LogP contribution in [-0.4, -0.2) is 34.6 Å². The van der Waals surface area contributed by atoms with Crippen LogP contribution in [-0.2, 0) is 11.3 Å². The van der Waals surface area contributed by atoms with Crippen LogP contribution in [0.1, 0.15) is 15.4 Å². The van der Waals surface area contributed by atoms with E-state index in [0.717, 1.165) is 16.9 Å². The molecule has 2 N–H and O–H groups in total. The molecule has 10 heteroatoms. The van der Waals surface area contributed by atoms with Gasteiger partial charge in [-0.2, -0.15) is 0 Å². The molecule has 1 aromatic heterocycles. The maximum atomic E-state index is 12.2. The van der Waals surface area contributed by atoms with Gasteiger partial charge in [0.05, 0.1) is 5.75 Å². The van der Waals surface area contributed by atoms with Crippen LogP contribution >= 0.6 is 23.1 Å². The van der Waals surface area contributed by atoms with E-state index in [-0.39, 0.29) is 29.4 Å². The number of ether oxygens (including phenoxy) is 2. The smallest absolute Gasteiger partial charge is 0.286 e. The standard InChI is InChI=1S/C19H16N4O4S2/c24-16(20-9-12-6-7-14-15(8-12)27-11-26-14)10-28-19-23-22-18(29-19)17(25)21-13-4-2-1-3-5-13/h1-8H,9-11H2,(H,20,24)(H,21,25). The largest absolute Gasteiger partial charge is 0.454 e. The molecular formula is C19H16N4O4S2. The minimum Gasteiger partial charge on any atom is -0.454 e. The van der Waals surface area contributed by atoms with Crippen molar-refractivity contribution >= 4 is 40.6 Å². The number of para-hydroxylation sites is 1. The Morgan fingerprint density at radius 1 is 1.07 bits per heavy atom. The fraction of sp³-hybridized carbons (Fsp3) is 0.158. The maximum Gasteiger partial charge on any atom is 0.286 e. The number of amides is 2. The Kier molecular flexibility index (Phi) is 5.92. The fourth-order valence-corrected chi connectivity index (χ4v) is 4.07. The summed E-state index contributed by atoms with van der Waals surface area (Å²) in [7, 11) is 0. The first kappa shape index (κ1) is 19.2. The third kappa shape index (κ3) is 5.04. The van der Waals surface area contributed by atoms with E-state index in [1.54, 1.807) is 12.1 Å². The summed E-state index contributed by atoms with van der Waals surface area (Å²) in [5, 5.41) is 13.7. The predicted molar refractivity (Wildman–Crippen MR) is 109 cm³/mol. The van der Waals surface area contributed by atoms with Crippen LogP contribution < -0.4 is 20.1 Å². The van der Waals surface area contributed by atoms with E-state index in [1.165, 1.54) is 11.8 Å². The number of anilines is 1. The van der Waals surface area contributed by atoms with Gasteiger partial charge in [0.2, 0.25) is 17.7 Å². The first-order valence-corrected chi connectivity index (χ1v) is 10.5. The van der Waals surface area contributed by atoms with E-state index >= 15 is 0 Å². The van der Waals surface area contributed by atoms with E-state index in [9.17, 15) is 9.59 Å². The van der Waals surface area contributed by atoms with E-state index in [1.807, 2.05) is 36.4 Å². The Morgan fingerprint density at radius 3 is 2.76 bits per heavy atom. The number of carbonyl (C=O) groups excluding carboxylic acids is 2. The van der Waals surface area contributed by atoms with Crippen LogP contribution in [0.4, 0.5) is 5.69 Å². The summed E-state index contributed by atoms with van der Waals surface area (Å²) in [6, 6.07) is 14.7. The molecule has 0 bridgehead atoms. The third-order valence-electron chi connectivity index (χ3n) is 3.89. The lowest BCUT2D eigenvalue weighted by Crippen LogP contribution is -2.24. The van der Waals surface area contributed by atoms with Gasteiger partial charge in [0.25, 0.3) is 5.91 Å². The zero-order valence-corrected chi connectivity index (χ0v) is 16.7. The van der Waals surface area contributed by atoms with E-state index in [2.05, 4.69) is 20.8 Å². The van der Waals surface area contributed by atoms with E-state index in [4.69, 9.17) is 9.47 Å². The van der Waals surface area contributed by atoms with Crippen molar-refractivity contribution in [1.82, 2.24) is 15.5 Å². The molecule has 148 valence electrons. The van der Waals surface area contributed by atoms with Crippen LogP contribution in [0.5, 0.6) is 11.5 Å². The molecular weight excluding hydrogens is 412 g/mol. The fourth-order valence-electron chi connectivity index (χ4n) is 2.50. The maximum absolute atomic E-state index is 12.2. The van der Waals surface area contributed by atoms with Crippen molar-refractivity contribution in [3.63, 3.8) is 0 Å². The Balaban J connectivity index is 1.24. The highest BCUT2D eigenvalue weighted by Gasteiger charge is 2.15. The van der Waals surface area contributed by atoms with E-state index < -0.39 is 0 Å². The van der Waals surface area contributed by atoms with Gasteiger partial charge in [-0.3, -0.25) is 9.59 Å². The molecule has 0 fully saturated rings. The molecule has 2 aromatic carbocycles. The SMILES string of the molecule is O=C(CSc1nnc(C(=O)Nc2ccccc2)s1)NCc1ccc2c(c1)OCO2. The minimum atomic E-state index is -0.326. The van der Waals surface area contributed by atoms with Gasteiger partial charge in [-0.05, 0) is 29.8 Å². The first-order valence-electron chi connectivity index (χ1n) is 8.65. The van der Waals surface area contributed by atoms with Gasteiger partial charge in [0.15, 0.2) is 15.8 Å². The molecule has 1 aliphatic heterocycles. The monoisotopic (exact) mass is 428 g/mol. The van der Waals surface area contributed by atoms with Gasteiger partial charge >= 0.3 is 0 Å². The van der Waals surface area contributed by atoms with Crippen LogP contribution in [0.3, 0.4) is 0 Å². The van der Waals surface area contributed by atoms with Crippen molar-refractivity contribution in [1.29, 1.82) is 0 Å². The molecule has 0 saturated carbocycles. The molecule has 0 saturated heterocycles. The Bertz CT molecular complexity index is 1030. The van der Waals surface area contributed by atoms with Crippen LogP contribution in [0, 0.1) is 0 Å². The van der Waals surface area contributed by atoms with Crippen molar-refractivity contribution in [3.8, 4) is 11.5 Å². The van der Waals surface area contributed by atoms with Crippen LogP contribution in [0.25, 0.3) is 0 Å². The van der Waals surface area contributed by atoms with Crippen molar-refractivity contribution in [2.24, 2.45) is 0 Å². The van der Waals surface area contributed by atoms with Gasteiger partial charge < -0.3 is 20.1 Å². The van der Waals surface area contributed by atoms with Gasteiger partial charge in [0, 0.05) is 12.2 Å². The lowest BCUT2D eigenvalue weighted by atomic mass is 10.2. The number of carbonyl (C=O) groups is 2. The Hall–Kier alpha value is -3.11. The van der Waals surface area contributed by atoms with Gasteiger partial charge in [0.1, 0.15) is 0 Å². The average Bonchev–Trinajstić information content (AvgIpc) is 3.40. The van der Waals surface area contributed by atoms with Crippen molar-refractivity contribution < 1.29 is 19.1 Å². The summed E-state index contributed by atoms with van der Waals surface area (Å²) in [5.41, 5.74) is 1.60. The topological polar surface area (TPSA) is 102 Å². The second-order valence-corrected chi connectivity index (χ2v) is 8.15. The van der Waals surface area contributed by atoms with Crippen LogP contribution in [0.15, 0.2) is 52.9 Å². The highest BCUT2D eigenvalue weighted by atomic mass is 32.2. The summed E-state index contributed by atoms with van der Waals surface area (Å²) in [6.45, 7) is 0.603. The predicted octanol–water partition coefficient (Wildman–Crippen LogP) is 2.93. The lowest BCUT2D eigenvalue weighted by molar-refractivity contribution is -0.118. The zero-order valence-electron chi connectivity index (χ0n) is 15.1. The van der Waals surface area contributed by atoms with Gasteiger partial charge in [-0.15, -0.1) is 10.2 Å². The molecule has 0 radical (unpaired) electrons. The summed E-state index contributed by atoms with van der Waals surface area (Å²) >= 11 is 2.38. The van der Waals surface area contributed by atoms with E-state index in [0.29, 0.717) is 28.1 Å². The number of nitrogens with one attached hydrogen (secondary N) is 2. The highest BCUT2D eigenvalue weighted by Crippen LogP contribution is 2.32. The lowest BCUT2D eigenvalue weighted by Gasteiger charge is -2.05. The number of fused-ring (bicyclic) bond motifs is 1. The van der Waals surface area contributed by atoms with Gasteiger partial charge in [-0.25, -0.2) is 0 Å². The highest BCUT2D eigenvalue weighted by molar-refractivity contribution is 8.01. The molecule has 2 heterocycles. The number of thioether (sulfide) groups is 1. The van der Waals surface area contributed by atoms with Crippen molar-refractivity contribution in [2.75, 3.05) is 17.9 Å². The second-order valence-electron chi connectivity index (χ2n) is 5.95. The molecule has 0 unspecified atom stereocenters. The molecule has 0 atom stereocenters. The minimum absolute atomic E-state index is 0.141. The first-order chi connectivity index (χ1) is 14.2. The second kappa shape index (κ2) is 8.93. The molecule has 0 aliphatic carbocycles. The quantitative estimate of drug-likeness (QED) is 0.558. The zero-order chi connectivity index (χ0) is 20.1. The summed E-state index contributed by atoms with van der Waals surface area (Å²) in [6.07, 6.45) is 0. The number of aromatic nitrogens is 2. The Morgan fingerprint density at radius 2 is 1.90 bits per heavy atom. The number of hydrogen-bond acceptors (Lipinski definition) is 8. The molecule has 0 spiro atoms. The summed E-state index contributed by atoms with van der Waals surface area (Å²) in [4.78, 5) is 24.3. The molecule has 29 heavy (non-hydrogen) atoms. The summed E-state index contributed by atoms with van der Waals surface area (Å²) in [5.74, 6) is 1.10. The average molecular weight is 428 g/mol.